The Labute approximate surface area is 153 Å². The minimum atomic E-state index is -0.595. The normalized spacial score (nSPS) is 11.6. The number of benzene rings is 1. The topological polar surface area (TPSA) is 106 Å². The largest absolute Gasteiger partial charge is 0.493 e. The Morgan fingerprint density at radius 3 is 2.96 bits per heavy atom. The summed E-state index contributed by atoms with van der Waals surface area (Å²) in [6.07, 6.45) is 0. The van der Waals surface area contributed by atoms with Gasteiger partial charge in [0.05, 0.1) is 16.1 Å². The molecule has 25 heavy (non-hydrogen) atoms. The Kier molecular flexibility index (Phi) is 3.94. The summed E-state index contributed by atoms with van der Waals surface area (Å²) in [5.74, 6) is -0.742. The molecule has 1 aromatic carbocycles. The highest BCUT2D eigenvalue weighted by molar-refractivity contribution is 9.10. The maximum Gasteiger partial charge on any atom is 0.315 e. The number of thiophene rings is 1. The molecule has 1 amide bonds. The van der Waals surface area contributed by atoms with Gasteiger partial charge in [-0.1, -0.05) is 22.0 Å². The minimum Gasteiger partial charge on any atom is -0.493 e. The lowest BCUT2D eigenvalue weighted by Gasteiger charge is -1.92. The molecule has 0 atom stereocenters. The maximum absolute atomic E-state index is 12.2. The highest BCUT2D eigenvalue weighted by Crippen LogP contribution is 2.36. The van der Waals surface area contributed by atoms with Crippen molar-refractivity contribution in [2.75, 3.05) is 0 Å². The van der Waals surface area contributed by atoms with Crippen molar-refractivity contribution >= 4 is 49.8 Å². The van der Waals surface area contributed by atoms with Gasteiger partial charge in [0.1, 0.15) is 0 Å². The first-order valence-corrected chi connectivity index (χ1v) is 8.84. The zero-order valence-corrected chi connectivity index (χ0v) is 14.9. The fraction of sp³-hybridized carbons (Fsp3) is 0. The van der Waals surface area contributed by atoms with Gasteiger partial charge in [-0.2, -0.15) is 5.10 Å². The quantitative estimate of drug-likeness (QED) is 0.409. The number of nitrogens with one attached hydrogen (secondary N) is 2. The molecule has 0 saturated heterocycles. The molecule has 0 bridgehead atoms. The van der Waals surface area contributed by atoms with Crippen molar-refractivity contribution in [1.29, 1.82) is 0 Å². The summed E-state index contributed by atoms with van der Waals surface area (Å²) in [4.78, 5) is 16.0. The van der Waals surface area contributed by atoms with E-state index in [0.29, 0.717) is 10.9 Å². The number of aromatic nitrogens is 3. The Morgan fingerprint density at radius 1 is 1.28 bits per heavy atom. The van der Waals surface area contributed by atoms with E-state index in [-0.39, 0.29) is 17.3 Å². The molecule has 4 aromatic rings. The lowest BCUT2D eigenvalue weighted by atomic mass is 10.2. The zero-order valence-electron chi connectivity index (χ0n) is 12.5. The summed E-state index contributed by atoms with van der Waals surface area (Å²) in [5.41, 5.74) is 1.81. The number of hydrogen-bond acceptors (Lipinski definition) is 5. The molecule has 4 rings (SSSR count). The first-order valence-electron chi connectivity index (χ1n) is 7.17. The molecule has 0 radical (unpaired) electrons. The fourth-order valence-corrected chi connectivity index (χ4v) is 3.43. The van der Waals surface area contributed by atoms with Crippen molar-refractivity contribution in [3.8, 4) is 16.5 Å². The number of hydrogen-bond donors (Lipinski definition) is 3. The first kappa shape index (κ1) is 15.7. The van der Waals surface area contributed by atoms with Crippen molar-refractivity contribution in [2.45, 2.75) is 0 Å². The molecule has 0 spiro atoms. The minimum absolute atomic E-state index is 0.147. The van der Waals surface area contributed by atoms with E-state index in [0.717, 1.165) is 15.0 Å². The molecule has 3 N–H and O–H groups in total. The van der Waals surface area contributed by atoms with E-state index in [4.69, 9.17) is 0 Å². The van der Waals surface area contributed by atoms with Gasteiger partial charge in [-0.3, -0.25) is 9.89 Å². The molecule has 0 saturated carbocycles. The van der Waals surface area contributed by atoms with Crippen molar-refractivity contribution in [1.82, 2.24) is 15.2 Å². The van der Waals surface area contributed by atoms with Crippen LogP contribution in [0.5, 0.6) is 5.88 Å². The molecule has 3 aromatic heterocycles. The number of carbonyl (C=O) groups is 1. The van der Waals surface area contributed by atoms with Crippen LogP contribution in [-0.2, 0) is 0 Å². The van der Waals surface area contributed by atoms with E-state index in [1.165, 1.54) is 11.3 Å². The van der Waals surface area contributed by atoms with Gasteiger partial charge in [-0.25, -0.2) is 0 Å². The third-order valence-electron chi connectivity index (χ3n) is 3.54. The van der Waals surface area contributed by atoms with Crippen molar-refractivity contribution < 1.29 is 9.90 Å². The Balaban J connectivity index is 1.63. The smallest absolute Gasteiger partial charge is 0.315 e. The molecule has 0 fully saturated rings. The van der Waals surface area contributed by atoms with Gasteiger partial charge < -0.3 is 10.1 Å². The van der Waals surface area contributed by atoms with Gasteiger partial charge in [0.2, 0.25) is 5.88 Å². The lowest BCUT2D eigenvalue weighted by molar-refractivity contribution is 0.0990. The summed E-state index contributed by atoms with van der Waals surface area (Å²) in [6, 6.07) is 10.9. The summed E-state index contributed by atoms with van der Waals surface area (Å²) < 4.78 is 0.828. The third kappa shape index (κ3) is 2.99. The predicted molar refractivity (Wildman–Crippen MR) is 98.4 cm³/mol. The van der Waals surface area contributed by atoms with Crippen LogP contribution in [-0.4, -0.2) is 26.2 Å². The molecule has 0 aliphatic carbocycles. The number of carbonyl (C=O) groups excluding carboxylic acids is 1. The molecule has 124 valence electrons. The average molecular weight is 416 g/mol. The number of fused-ring (bicyclic) bond motifs is 1. The lowest BCUT2D eigenvalue weighted by Crippen LogP contribution is -1.93. The average Bonchev–Trinajstić information content (AvgIpc) is 3.32. The Bertz CT molecular complexity index is 1100. The number of amides is 1. The summed E-state index contributed by atoms with van der Waals surface area (Å²) in [7, 11) is 0. The molecule has 9 heteroatoms. The van der Waals surface area contributed by atoms with E-state index in [1.54, 1.807) is 18.2 Å². The molecule has 0 aliphatic heterocycles. The molecule has 3 heterocycles. The van der Waals surface area contributed by atoms with Crippen LogP contribution in [0.2, 0.25) is 0 Å². The number of halogens is 1. The number of nitrogens with zero attached hydrogens (tertiary/aromatic N) is 3. The van der Waals surface area contributed by atoms with Gasteiger partial charge in [0, 0.05) is 9.86 Å². The van der Waals surface area contributed by atoms with Gasteiger partial charge >= 0.3 is 5.91 Å². The summed E-state index contributed by atoms with van der Waals surface area (Å²) in [5, 5.41) is 26.9. The number of H-pyrrole nitrogens is 2. The standard InChI is InChI=1S/C16H10BrN5O2S/c17-8-3-4-10-9(6-8)14(16(24)18-10)21-22-15(23)12-7-11(19-20-12)13-2-1-5-25-13/h1-7,18,24H,(H,19,20). The van der Waals surface area contributed by atoms with Gasteiger partial charge in [0.15, 0.2) is 11.4 Å². The SMILES string of the molecule is O=C(N=Nc1c(O)[nH]c2ccc(Br)cc12)c1cc(-c2cccs2)[nH]n1. The van der Waals surface area contributed by atoms with E-state index in [9.17, 15) is 9.90 Å². The molecular weight excluding hydrogens is 406 g/mol. The summed E-state index contributed by atoms with van der Waals surface area (Å²) in [6.45, 7) is 0. The molecular formula is C16H10BrN5O2S. The number of rotatable bonds is 3. The van der Waals surface area contributed by atoms with E-state index in [1.807, 2.05) is 23.6 Å². The number of aromatic hydroxyl groups is 1. The van der Waals surface area contributed by atoms with Crippen LogP contribution in [0.25, 0.3) is 21.5 Å². The third-order valence-corrected chi connectivity index (χ3v) is 4.93. The van der Waals surface area contributed by atoms with E-state index < -0.39 is 5.91 Å². The van der Waals surface area contributed by atoms with Crippen molar-refractivity contribution in [2.24, 2.45) is 10.2 Å². The zero-order chi connectivity index (χ0) is 17.4. The molecule has 0 unspecified atom stereocenters. The predicted octanol–water partition coefficient (Wildman–Crippen LogP) is 5.01. The second-order valence-electron chi connectivity index (χ2n) is 5.16. The van der Waals surface area contributed by atoms with E-state index >= 15 is 0 Å². The van der Waals surface area contributed by atoms with Gasteiger partial charge in [-0.05, 0) is 35.7 Å². The van der Waals surface area contributed by atoms with Crippen LogP contribution in [0, 0.1) is 0 Å². The monoisotopic (exact) mass is 415 g/mol. The van der Waals surface area contributed by atoms with Crippen LogP contribution >= 0.6 is 27.3 Å². The Hall–Kier alpha value is -2.78. The van der Waals surface area contributed by atoms with Crippen LogP contribution in [0.1, 0.15) is 10.5 Å². The number of aromatic amines is 2. The fourth-order valence-electron chi connectivity index (χ4n) is 2.37. The van der Waals surface area contributed by atoms with Crippen LogP contribution in [0.4, 0.5) is 5.69 Å². The van der Waals surface area contributed by atoms with Crippen LogP contribution in [0.3, 0.4) is 0 Å². The van der Waals surface area contributed by atoms with Crippen LogP contribution in [0.15, 0.2) is 56.5 Å². The molecule has 7 nitrogen and oxygen atoms in total. The highest BCUT2D eigenvalue weighted by atomic mass is 79.9. The van der Waals surface area contributed by atoms with Crippen molar-refractivity contribution in [3.63, 3.8) is 0 Å². The first-order chi connectivity index (χ1) is 12.1. The maximum atomic E-state index is 12.2. The van der Waals surface area contributed by atoms with E-state index in [2.05, 4.69) is 41.3 Å². The molecule has 0 aliphatic rings. The van der Waals surface area contributed by atoms with Crippen LogP contribution < -0.4 is 0 Å². The second-order valence-corrected chi connectivity index (χ2v) is 7.02. The summed E-state index contributed by atoms with van der Waals surface area (Å²) >= 11 is 4.91. The number of azo groups is 1. The van der Waals surface area contributed by atoms with Gasteiger partial charge in [0.25, 0.3) is 0 Å². The highest BCUT2D eigenvalue weighted by Gasteiger charge is 2.14. The Morgan fingerprint density at radius 2 is 2.16 bits per heavy atom. The van der Waals surface area contributed by atoms with Gasteiger partial charge in [-0.15, -0.1) is 21.6 Å². The second kappa shape index (κ2) is 6.26. The van der Waals surface area contributed by atoms with Crippen molar-refractivity contribution in [3.05, 3.63) is 51.9 Å².